The van der Waals surface area contributed by atoms with Crippen molar-refractivity contribution in [1.29, 1.82) is 0 Å². The van der Waals surface area contributed by atoms with Crippen LogP contribution in [0, 0.1) is 0 Å². The number of aromatic nitrogens is 2. The lowest BCUT2D eigenvalue weighted by molar-refractivity contribution is -0.115. The summed E-state index contributed by atoms with van der Waals surface area (Å²) in [5.74, 6) is -0.0370. The predicted molar refractivity (Wildman–Crippen MR) is 81.6 cm³/mol. The van der Waals surface area contributed by atoms with Gasteiger partial charge in [0.15, 0.2) is 0 Å². The van der Waals surface area contributed by atoms with Crippen LogP contribution >= 0.6 is 11.8 Å². The number of benzene rings is 1. The predicted octanol–water partition coefficient (Wildman–Crippen LogP) is 2.17. The average molecular weight is 290 g/mol. The van der Waals surface area contributed by atoms with E-state index in [2.05, 4.69) is 17.3 Å². The van der Waals surface area contributed by atoms with Crippen molar-refractivity contribution in [3.05, 3.63) is 42.2 Å². The number of anilines is 1. The number of nitrogens with one attached hydrogen (secondary N) is 1. The third-order valence-corrected chi connectivity index (χ3v) is 3.95. The minimum absolute atomic E-state index is 0.138. The van der Waals surface area contributed by atoms with E-state index in [1.807, 2.05) is 43.7 Å². The summed E-state index contributed by atoms with van der Waals surface area (Å²) in [6.45, 7) is 2.08. The molecule has 0 fully saturated rings. The number of primary amides is 1. The number of nitrogens with zero attached hydrogens (tertiary/aromatic N) is 2. The molecule has 0 aliphatic heterocycles. The molecule has 1 heterocycles. The van der Waals surface area contributed by atoms with Crippen LogP contribution in [0.25, 0.3) is 0 Å². The first-order valence-electron chi connectivity index (χ1n) is 6.31. The molecule has 0 aliphatic rings. The van der Waals surface area contributed by atoms with Gasteiger partial charge in [-0.2, -0.15) is 5.10 Å². The highest BCUT2D eigenvalue weighted by Crippen LogP contribution is 2.29. The van der Waals surface area contributed by atoms with Gasteiger partial charge < -0.3 is 11.1 Å². The molecule has 0 radical (unpaired) electrons. The highest BCUT2D eigenvalue weighted by Gasteiger charge is 2.10. The number of amides is 1. The topological polar surface area (TPSA) is 72.9 Å². The van der Waals surface area contributed by atoms with Crippen LogP contribution in [-0.2, 0) is 11.8 Å². The maximum atomic E-state index is 10.9. The van der Waals surface area contributed by atoms with Gasteiger partial charge in [0.1, 0.15) is 0 Å². The molecule has 0 aliphatic carbocycles. The van der Waals surface area contributed by atoms with Gasteiger partial charge in [-0.05, 0) is 19.1 Å². The second kappa shape index (κ2) is 6.47. The maximum Gasteiger partial charge on any atom is 0.227 e. The Morgan fingerprint density at radius 1 is 1.50 bits per heavy atom. The summed E-state index contributed by atoms with van der Waals surface area (Å²) in [6, 6.07) is 8.02. The Morgan fingerprint density at radius 3 is 2.90 bits per heavy atom. The van der Waals surface area contributed by atoms with Gasteiger partial charge in [0.05, 0.1) is 18.0 Å². The minimum atomic E-state index is -0.315. The molecule has 2 rings (SSSR count). The van der Waals surface area contributed by atoms with E-state index in [1.165, 1.54) is 11.8 Å². The number of carbonyl (C=O) groups excluding carboxylic acids is 1. The first-order chi connectivity index (χ1) is 9.56. The SMILES string of the molecule is CC(Nc1ccccc1SCC(N)=O)c1cnn(C)c1. The van der Waals surface area contributed by atoms with Crippen LogP contribution in [0.3, 0.4) is 0 Å². The van der Waals surface area contributed by atoms with Crippen molar-refractivity contribution in [3.63, 3.8) is 0 Å². The molecule has 1 amide bonds. The fourth-order valence-electron chi connectivity index (χ4n) is 1.84. The lowest BCUT2D eigenvalue weighted by Gasteiger charge is -2.16. The molecule has 3 N–H and O–H groups in total. The molecule has 0 saturated heterocycles. The summed E-state index contributed by atoms with van der Waals surface area (Å²) in [4.78, 5) is 11.9. The van der Waals surface area contributed by atoms with E-state index in [1.54, 1.807) is 4.68 Å². The van der Waals surface area contributed by atoms with Gasteiger partial charge >= 0.3 is 0 Å². The van der Waals surface area contributed by atoms with Crippen molar-refractivity contribution in [1.82, 2.24) is 9.78 Å². The molecule has 0 bridgehead atoms. The van der Waals surface area contributed by atoms with Crippen LogP contribution < -0.4 is 11.1 Å². The van der Waals surface area contributed by atoms with Crippen LogP contribution in [0.1, 0.15) is 18.5 Å². The number of hydrogen-bond donors (Lipinski definition) is 2. The highest BCUT2D eigenvalue weighted by molar-refractivity contribution is 8.00. The van der Waals surface area contributed by atoms with Crippen LogP contribution in [0.4, 0.5) is 5.69 Å². The van der Waals surface area contributed by atoms with E-state index >= 15 is 0 Å². The fraction of sp³-hybridized carbons (Fsp3) is 0.286. The van der Waals surface area contributed by atoms with Gasteiger partial charge in [0.25, 0.3) is 0 Å². The summed E-state index contributed by atoms with van der Waals surface area (Å²) >= 11 is 1.44. The number of para-hydroxylation sites is 1. The first-order valence-corrected chi connectivity index (χ1v) is 7.30. The van der Waals surface area contributed by atoms with Crippen molar-refractivity contribution in [2.24, 2.45) is 12.8 Å². The molecule has 2 aromatic rings. The Labute approximate surface area is 122 Å². The molecule has 5 nitrogen and oxygen atoms in total. The quantitative estimate of drug-likeness (QED) is 0.800. The third-order valence-electron chi connectivity index (χ3n) is 2.85. The average Bonchev–Trinajstić information content (AvgIpc) is 2.84. The second-order valence-electron chi connectivity index (χ2n) is 4.56. The van der Waals surface area contributed by atoms with Crippen LogP contribution in [0.15, 0.2) is 41.6 Å². The number of carbonyl (C=O) groups is 1. The zero-order valence-electron chi connectivity index (χ0n) is 11.5. The number of aryl methyl sites for hydroxylation is 1. The molecule has 0 spiro atoms. The second-order valence-corrected chi connectivity index (χ2v) is 5.58. The third kappa shape index (κ3) is 3.77. The van der Waals surface area contributed by atoms with Crippen molar-refractivity contribution < 1.29 is 4.79 Å². The van der Waals surface area contributed by atoms with Gasteiger partial charge in [-0.1, -0.05) is 12.1 Å². The van der Waals surface area contributed by atoms with Crippen molar-refractivity contribution >= 4 is 23.4 Å². The lowest BCUT2D eigenvalue weighted by atomic mass is 10.2. The van der Waals surface area contributed by atoms with Gasteiger partial charge in [-0.3, -0.25) is 9.48 Å². The number of thioether (sulfide) groups is 1. The summed E-state index contributed by atoms with van der Waals surface area (Å²) in [6.07, 6.45) is 3.83. The number of hydrogen-bond acceptors (Lipinski definition) is 4. The molecule has 0 saturated carbocycles. The zero-order chi connectivity index (χ0) is 14.5. The number of rotatable bonds is 6. The van der Waals surface area contributed by atoms with Gasteiger partial charge in [0, 0.05) is 29.4 Å². The Hall–Kier alpha value is -1.95. The zero-order valence-corrected chi connectivity index (χ0v) is 12.4. The summed E-state index contributed by atoms with van der Waals surface area (Å²) < 4.78 is 1.78. The van der Waals surface area contributed by atoms with Crippen molar-refractivity contribution in [2.45, 2.75) is 17.9 Å². The molecule has 1 aromatic heterocycles. The standard InChI is InChI=1S/C14H18N4OS/c1-10(11-7-16-18(2)8-11)17-12-5-3-4-6-13(12)20-9-14(15)19/h3-8,10,17H,9H2,1-2H3,(H2,15,19). The molecule has 1 aromatic carbocycles. The Kier molecular flexibility index (Phi) is 4.68. The van der Waals surface area contributed by atoms with E-state index in [-0.39, 0.29) is 17.7 Å². The van der Waals surface area contributed by atoms with Crippen LogP contribution in [-0.4, -0.2) is 21.4 Å². The fourth-order valence-corrected chi connectivity index (χ4v) is 2.60. The summed E-state index contributed by atoms with van der Waals surface area (Å²) in [7, 11) is 1.90. The van der Waals surface area contributed by atoms with E-state index in [4.69, 9.17) is 5.73 Å². The molecule has 20 heavy (non-hydrogen) atoms. The van der Waals surface area contributed by atoms with Crippen LogP contribution in [0.5, 0.6) is 0 Å². The largest absolute Gasteiger partial charge is 0.377 e. The van der Waals surface area contributed by atoms with E-state index in [0.29, 0.717) is 0 Å². The van der Waals surface area contributed by atoms with E-state index in [9.17, 15) is 4.79 Å². The molecule has 106 valence electrons. The minimum Gasteiger partial charge on any atom is -0.377 e. The molecule has 1 unspecified atom stereocenters. The molecule has 1 atom stereocenters. The Morgan fingerprint density at radius 2 is 2.25 bits per heavy atom. The summed E-state index contributed by atoms with van der Waals surface area (Å²) in [5, 5.41) is 7.61. The van der Waals surface area contributed by atoms with Gasteiger partial charge in [0.2, 0.25) is 5.91 Å². The molecular weight excluding hydrogens is 272 g/mol. The Bertz CT molecular complexity index is 596. The Balaban J connectivity index is 2.10. The first kappa shape index (κ1) is 14.5. The van der Waals surface area contributed by atoms with Crippen molar-refractivity contribution in [2.75, 3.05) is 11.1 Å². The number of nitrogens with two attached hydrogens (primary N) is 1. The lowest BCUT2D eigenvalue weighted by Crippen LogP contribution is -2.13. The monoisotopic (exact) mass is 290 g/mol. The van der Waals surface area contributed by atoms with E-state index < -0.39 is 0 Å². The van der Waals surface area contributed by atoms with Crippen LogP contribution in [0.2, 0.25) is 0 Å². The van der Waals surface area contributed by atoms with Crippen molar-refractivity contribution in [3.8, 4) is 0 Å². The maximum absolute atomic E-state index is 10.9. The molecular formula is C14H18N4OS. The highest BCUT2D eigenvalue weighted by atomic mass is 32.2. The van der Waals surface area contributed by atoms with Gasteiger partial charge in [-0.25, -0.2) is 0 Å². The smallest absolute Gasteiger partial charge is 0.227 e. The van der Waals surface area contributed by atoms with Gasteiger partial charge in [-0.15, -0.1) is 11.8 Å². The summed E-state index contributed by atoms with van der Waals surface area (Å²) in [5.41, 5.74) is 7.30. The molecule has 6 heteroatoms. The van der Waals surface area contributed by atoms with E-state index in [0.717, 1.165) is 16.1 Å². The normalized spacial score (nSPS) is 12.1.